The molecule has 0 aromatic heterocycles. The summed E-state index contributed by atoms with van der Waals surface area (Å²) in [5, 5.41) is 8.61. The summed E-state index contributed by atoms with van der Waals surface area (Å²) in [6.07, 6.45) is 39.5. The Kier molecular flexibility index (Phi) is 36.6. The molecule has 0 bridgehead atoms. The molecule has 0 aromatic rings. The number of hydrogen-bond acceptors (Lipinski definition) is 1. The first-order chi connectivity index (χ1) is 16.3. The van der Waals surface area contributed by atoms with E-state index in [0.29, 0.717) is 6.42 Å². The van der Waals surface area contributed by atoms with Gasteiger partial charge in [-0.25, -0.2) is 0 Å². The first kappa shape index (κ1) is 36.9. The van der Waals surface area contributed by atoms with Gasteiger partial charge in [-0.2, -0.15) is 0 Å². The van der Waals surface area contributed by atoms with E-state index < -0.39 is 5.97 Å². The average Bonchev–Trinajstić information content (AvgIpc) is 2.80. The van der Waals surface area contributed by atoms with E-state index in [2.05, 4.69) is 6.92 Å². The van der Waals surface area contributed by atoms with Crippen LogP contribution in [0.5, 0.6) is 0 Å². The molecule has 3 heteroatoms. The molecule has 34 heavy (non-hydrogen) atoms. The monoisotopic (exact) mass is 508 g/mol. The van der Waals surface area contributed by atoms with E-state index in [9.17, 15) is 4.79 Å². The second-order valence-electron chi connectivity index (χ2n) is 10.7. The van der Waals surface area contributed by atoms with Gasteiger partial charge in [-0.1, -0.05) is 180 Å². The Labute approximate surface area is 248 Å². The summed E-state index contributed by atoms with van der Waals surface area (Å²) in [6, 6.07) is 0. The number of hydrogen-bond donors (Lipinski definition) is 1. The molecule has 0 aliphatic carbocycles. The van der Waals surface area contributed by atoms with Crippen molar-refractivity contribution in [3.63, 3.8) is 0 Å². The number of carboxylic acid groups (broad SMARTS) is 1. The smallest absolute Gasteiger partial charge is 1.00 e. The van der Waals surface area contributed by atoms with Crippen LogP contribution in [0.3, 0.4) is 0 Å². The largest absolute Gasteiger partial charge is 2.00 e. The second kappa shape index (κ2) is 33.7. The molecule has 202 valence electrons. The van der Waals surface area contributed by atoms with Crippen LogP contribution in [0.1, 0.15) is 196 Å². The van der Waals surface area contributed by atoms with Gasteiger partial charge in [0.2, 0.25) is 0 Å². The maximum Gasteiger partial charge on any atom is 2.00 e. The van der Waals surface area contributed by atoms with Gasteiger partial charge in [-0.05, 0) is 6.42 Å². The van der Waals surface area contributed by atoms with Crippen molar-refractivity contribution in [1.29, 1.82) is 0 Å². The van der Waals surface area contributed by atoms with Gasteiger partial charge in [-0.3, -0.25) is 4.79 Å². The molecule has 0 aromatic carbocycles. The molecule has 0 aliphatic rings. The minimum atomic E-state index is -0.648. The van der Waals surface area contributed by atoms with Gasteiger partial charge in [0.05, 0.1) is 0 Å². The van der Waals surface area contributed by atoms with E-state index in [-0.39, 0.29) is 40.6 Å². The molecule has 0 saturated heterocycles. The molecule has 0 atom stereocenters. The number of aliphatic carboxylic acids is 1. The van der Waals surface area contributed by atoms with Crippen molar-refractivity contribution in [2.45, 2.75) is 193 Å². The van der Waals surface area contributed by atoms with Crippen molar-refractivity contribution in [3.8, 4) is 0 Å². The fourth-order valence-electron chi connectivity index (χ4n) is 4.95. The molecule has 0 spiro atoms. The van der Waals surface area contributed by atoms with Crippen LogP contribution in [0, 0.1) is 0 Å². The Morgan fingerprint density at radius 2 is 0.588 bits per heavy atom. The molecule has 2 nitrogen and oxygen atoms in total. The van der Waals surface area contributed by atoms with Gasteiger partial charge >= 0.3 is 43.7 Å². The van der Waals surface area contributed by atoms with E-state index in [1.54, 1.807) is 0 Å². The van der Waals surface area contributed by atoms with Crippen LogP contribution < -0.4 is 0 Å². The van der Waals surface area contributed by atoms with Gasteiger partial charge in [0.25, 0.3) is 0 Å². The van der Waals surface area contributed by atoms with E-state index in [1.165, 1.54) is 167 Å². The fraction of sp³-hybridized carbons (Fsp3) is 0.968. The predicted octanol–water partition coefficient (Wildman–Crippen LogP) is 11.2. The summed E-state index contributed by atoms with van der Waals surface area (Å²) in [6.45, 7) is 2.30. The van der Waals surface area contributed by atoms with Crippen molar-refractivity contribution in [3.05, 3.63) is 0 Å². The van der Waals surface area contributed by atoms with Gasteiger partial charge in [0, 0.05) is 6.42 Å². The summed E-state index contributed by atoms with van der Waals surface area (Å²) in [5.74, 6) is -0.648. The third kappa shape index (κ3) is 34.9. The fourth-order valence-corrected chi connectivity index (χ4v) is 4.95. The third-order valence-corrected chi connectivity index (χ3v) is 7.24. The van der Waals surface area contributed by atoms with Gasteiger partial charge in [0.15, 0.2) is 0 Å². The minimum Gasteiger partial charge on any atom is -1.00 e. The number of rotatable bonds is 29. The minimum absolute atomic E-state index is 0. The number of carboxylic acids is 1. The summed E-state index contributed by atoms with van der Waals surface area (Å²) in [5.41, 5.74) is 0. The Morgan fingerprint density at radius 3 is 0.765 bits per heavy atom. The Balaban J connectivity index is -0.00000171. The zero-order chi connectivity index (χ0) is 24.1. The van der Waals surface area contributed by atoms with Crippen LogP contribution in [-0.2, 0) is 4.79 Å². The van der Waals surface area contributed by atoms with E-state index in [4.69, 9.17) is 5.11 Å². The average molecular weight is 509 g/mol. The van der Waals surface area contributed by atoms with Crippen LogP contribution in [-0.4, -0.2) is 48.8 Å². The van der Waals surface area contributed by atoms with Crippen molar-refractivity contribution >= 4 is 43.7 Å². The van der Waals surface area contributed by atoms with E-state index >= 15 is 0 Å². The normalized spacial score (nSPS) is 11.0. The molecule has 0 aliphatic heterocycles. The Morgan fingerprint density at radius 1 is 0.412 bits per heavy atom. The van der Waals surface area contributed by atoms with Crippen LogP contribution >= 0.6 is 0 Å². The van der Waals surface area contributed by atoms with E-state index in [0.717, 1.165) is 12.8 Å². The summed E-state index contributed by atoms with van der Waals surface area (Å²) >= 11 is 0. The summed E-state index contributed by atoms with van der Waals surface area (Å²) < 4.78 is 0. The van der Waals surface area contributed by atoms with Gasteiger partial charge in [0.1, 0.15) is 0 Å². The van der Waals surface area contributed by atoms with E-state index in [1.807, 2.05) is 0 Å². The van der Waals surface area contributed by atoms with Crippen molar-refractivity contribution in [2.24, 2.45) is 0 Å². The zero-order valence-corrected chi connectivity index (χ0v) is 25.8. The third-order valence-electron chi connectivity index (χ3n) is 7.24. The predicted molar refractivity (Wildman–Crippen MR) is 155 cm³/mol. The number of carbonyl (C=O) groups is 1. The van der Waals surface area contributed by atoms with Crippen molar-refractivity contribution < 1.29 is 12.8 Å². The Bertz CT molecular complexity index is 384. The molecule has 1 N–H and O–H groups in total. The first-order valence-corrected chi connectivity index (χ1v) is 15.5. The standard InChI is InChI=1S/C31H62O2.Ca.2H/c1-2-3-4-5-6-7-8-9-10-11-12-13-14-15-16-17-18-19-20-21-22-23-24-25-26-27-28-29-30-31(32)33;;;/h2-30H2,1H3,(H,32,33);;;/q;+2;2*-1. The maximum absolute atomic E-state index is 10.4. The summed E-state index contributed by atoms with van der Waals surface area (Å²) in [7, 11) is 0. The molecule has 0 radical (unpaired) electrons. The first-order valence-electron chi connectivity index (χ1n) is 15.5. The molecule has 0 rings (SSSR count). The topological polar surface area (TPSA) is 37.3 Å². The Hall–Kier alpha value is 0.730. The van der Waals surface area contributed by atoms with Crippen LogP contribution in [0.25, 0.3) is 0 Å². The second-order valence-corrected chi connectivity index (χ2v) is 10.7. The molecule has 0 saturated carbocycles. The zero-order valence-electron chi connectivity index (χ0n) is 25.6. The van der Waals surface area contributed by atoms with Crippen molar-refractivity contribution in [2.75, 3.05) is 0 Å². The summed E-state index contributed by atoms with van der Waals surface area (Å²) in [4.78, 5) is 10.4. The van der Waals surface area contributed by atoms with Crippen LogP contribution in [0.2, 0.25) is 0 Å². The maximum atomic E-state index is 10.4. The number of unbranched alkanes of at least 4 members (excludes halogenated alkanes) is 27. The molecule has 0 amide bonds. The van der Waals surface area contributed by atoms with Crippen LogP contribution in [0.15, 0.2) is 0 Å². The molecule has 0 heterocycles. The van der Waals surface area contributed by atoms with Crippen molar-refractivity contribution in [1.82, 2.24) is 0 Å². The molecular formula is C31H64CaO2. The SMILES string of the molecule is CCCCCCCCCCCCCCCCCCCCCCCCCCCCCCC(=O)O.[Ca+2].[H-].[H-]. The van der Waals surface area contributed by atoms with Gasteiger partial charge in [-0.15, -0.1) is 0 Å². The molecule has 0 fully saturated rings. The van der Waals surface area contributed by atoms with Gasteiger partial charge < -0.3 is 7.96 Å². The molecule has 0 unspecified atom stereocenters. The molecular weight excluding hydrogens is 444 g/mol. The van der Waals surface area contributed by atoms with Crippen LogP contribution in [0.4, 0.5) is 0 Å². The quantitative estimate of drug-likeness (QED) is 0.0805.